The molecule has 1 aliphatic carbocycles. The first kappa shape index (κ1) is 18.7. The summed E-state index contributed by atoms with van der Waals surface area (Å²) < 4.78 is 14.0. The number of rotatable bonds is 5. The average Bonchev–Trinajstić information content (AvgIpc) is 3.54. The molecule has 0 spiro atoms. The molecule has 0 unspecified atom stereocenters. The van der Waals surface area contributed by atoms with E-state index >= 15 is 0 Å². The van der Waals surface area contributed by atoms with Crippen LogP contribution < -0.4 is 5.73 Å². The van der Waals surface area contributed by atoms with Gasteiger partial charge < -0.3 is 10.6 Å². The molecule has 4 nitrogen and oxygen atoms in total. The van der Waals surface area contributed by atoms with Crippen LogP contribution in [0.25, 0.3) is 11.1 Å². The summed E-state index contributed by atoms with van der Waals surface area (Å²) in [6, 6.07) is 14.3. The molecule has 2 fully saturated rings. The van der Waals surface area contributed by atoms with E-state index in [2.05, 4.69) is 0 Å². The molecule has 2 N–H and O–H groups in total. The lowest BCUT2D eigenvalue weighted by Crippen LogP contribution is -2.53. The van der Waals surface area contributed by atoms with Gasteiger partial charge in [-0.3, -0.25) is 9.59 Å². The summed E-state index contributed by atoms with van der Waals surface area (Å²) in [5.41, 5.74) is 7.41. The molecule has 146 valence electrons. The van der Waals surface area contributed by atoms with Gasteiger partial charge in [0.25, 0.3) is 0 Å². The number of carbonyl (C=O) groups excluding carboxylic acids is 2. The smallest absolute Gasteiger partial charge is 0.225 e. The summed E-state index contributed by atoms with van der Waals surface area (Å²) >= 11 is 0. The predicted octanol–water partition coefficient (Wildman–Crippen LogP) is 3.54. The highest BCUT2D eigenvalue weighted by atomic mass is 19.1. The third-order valence-corrected chi connectivity index (χ3v) is 6.02. The van der Waals surface area contributed by atoms with Gasteiger partial charge in [-0.15, -0.1) is 0 Å². The van der Waals surface area contributed by atoms with E-state index in [0.717, 1.165) is 30.4 Å². The number of piperidine rings is 1. The molecule has 2 amide bonds. The van der Waals surface area contributed by atoms with Crippen molar-refractivity contribution in [1.82, 2.24) is 4.90 Å². The van der Waals surface area contributed by atoms with Gasteiger partial charge in [-0.05, 0) is 49.3 Å². The van der Waals surface area contributed by atoms with Crippen LogP contribution in [0.3, 0.4) is 0 Å². The second kappa shape index (κ2) is 7.38. The van der Waals surface area contributed by atoms with Crippen LogP contribution in [0.1, 0.15) is 31.2 Å². The van der Waals surface area contributed by atoms with E-state index in [9.17, 15) is 14.0 Å². The number of nitrogens with zero attached hydrogens (tertiary/aromatic N) is 1. The fourth-order valence-electron chi connectivity index (χ4n) is 4.23. The van der Waals surface area contributed by atoms with Crippen molar-refractivity contribution in [2.45, 2.75) is 32.1 Å². The highest BCUT2D eigenvalue weighted by molar-refractivity contribution is 5.85. The number of nitrogens with two attached hydrogens (primary N) is 1. The molecular weight excluding hydrogens is 355 g/mol. The Morgan fingerprint density at radius 3 is 2.46 bits per heavy atom. The third-order valence-electron chi connectivity index (χ3n) is 6.02. The molecule has 5 heteroatoms. The minimum Gasteiger partial charge on any atom is -0.369 e. The molecule has 2 aromatic rings. The Morgan fingerprint density at radius 1 is 1.11 bits per heavy atom. The number of amides is 2. The highest BCUT2D eigenvalue weighted by Gasteiger charge is 2.44. The standard InChI is InChI=1S/C23H25FN2O2/c24-20-5-2-1-4-19(20)17-8-6-16(7-9-17)14-23(22(25)28)12-3-13-26(15-23)21(27)18-10-11-18/h1-2,4-9,18H,3,10-15H2,(H2,25,28)/t23-/m1/s1. The van der Waals surface area contributed by atoms with Crippen LogP contribution in [0.15, 0.2) is 48.5 Å². The Balaban J connectivity index is 1.54. The number of halogens is 1. The van der Waals surface area contributed by atoms with Crippen LogP contribution in [-0.2, 0) is 16.0 Å². The maximum absolute atomic E-state index is 14.0. The summed E-state index contributed by atoms with van der Waals surface area (Å²) in [6.45, 7) is 1.10. The molecule has 1 saturated heterocycles. The van der Waals surface area contributed by atoms with Gasteiger partial charge in [-0.1, -0.05) is 42.5 Å². The monoisotopic (exact) mass is 380 g/mol. The van der Waals surface area contributed by atoms with E-state index in [1.54, 1.807) is 12.1 Å². The summed E-state index contributed by atoms with van der Waals surface area (Å²) in [6.07, 6.45) is 3.88. The fraction of sp³-hybridized carbons (Fsp3) is 0.391. The summed E-state index contributed by atoms with van der Waals surface area (Å²) in [5.74, 6) is -0.298. The van der Waals surface area contributed by atoms with Crippen molar-refractivity contribution in [3.8, 4) is 11.1 Å². The second-order valence-electron chi connectivity index (χ2n) is 8.14. The fourth-order valence-corrected chi connectivity index (χ4v) is 4.23. The van der Waals surface area contributed by atoms with Crippen molar-refractivity contribution in [2.24, 2.45) is 17.1 Å². The summed E-state index contributed by atoms with van der Waals surface area (Å²) in [7, 11) is 0. The van der Waals surface area contributed by atoms with Crippen molar-refractivity contribution >= 4 is 11.8 Å². The lowest BCUT2D eigenvalue weighted by Gasteiger charge is -2.41. The molecule has 1 atom stereocenters. The normalized spacial score (nSPS) is 22.1. The van der Waals surface area contributed by atoms with E-state index in [0.29, 0.717) is 31.5 Å². The lowest BCUT2D eigenvalue weighted by molar-refractivity contribution is -0.140. The molecule has 1 aliphatic heterocycles. The van der Waals surface area contributed by atoms with Gasteiger partial charge in [0.05, 0.1) is 5.41 Å². The second-order valence-corrected chi connectivity index (χ2v) is 8.14. The van der Waals surface area contributed by atoms with E-state index in [-0.39, 0.29) is 23.5 Å². The van der Waals surface area contributed by atoms with Gasteiger partial charge in [-0.2, -0.15) is 0 Å². The Hall–Kier alpha value is -2.69. The largest absolute Gasteiger partial charge is 0.369 e. The Kier molecular flexibility index (Phi) is 4.92. The van der Waals surface area contributed by atoms with Crippen molar-refractivity contribution < 1.29 is 14.0 Å². The summed E-state index contributed by atoms with van der Waals surface area (Å²) in [5, 5.41) is 0. The maximum atomic E-state index is 14.0. The molecule has 0 bridgehead atoms. The first-order chi connectivity index (χ1) is 13.5. The first-order valence-corrected chi connectivity index (χ1v) is 9.91. The minimum atomic E-state index is -0.734. The zero-order valence-corrected chi connectivity index (χ0v) is 15.9. The van der Waals surface area contributed by atoms with Gasteiger partial charge in [0, 0.05) is 24.6 Å². The number of carbonyl (C=O) groups is 2. The van der Waals surface area contributed by atoms with Crippen molar-refractivity contribution in [2.75, 3.05) is 13.1 Å². The number of benzene rings is 2. The van der Waals surface area contributed by atoms with E-state index in [1.165, 1.54) is 6.07 Å². The quantitative estimate of drug-likeness (QED) is 0.862. The first-order valence-electron chi connectivity index (χ1n) is 9.91. The predicted molar refractivity (Wildman–Crippen MR) is 106 cm³/mol. The molecular formula is C23H25FN2O2. The molecule has 4 rings (SSSR count). The molecule has 0 radical (unpaired) electrons. The zero-order valence-electron chi connectivity index (χ0n) is 15.9. The van der Waals surface area contributed by atoms with Gasteiger partial charge in [0.1, 0.15) is 5.82 Å². The van der Waals surface area contributed by atoms with Gasteiger partial charge in [0.15, 0.2) is 0 Å². The molecule has 2 aromatic carbocycles. The van der Waals surface area contributed by atoms with Crippen LogP contribution in [-0.4, -0.2) is 29.8 Å². The molecule has 1 saturated carbocycles. The SMILES string of the molecule is NC(=O)[C@@]1(Cc2ccc(-c3ccccc3F)cc2)CCCN(C(=O)C2CC2)C1. The van der Waals surface area contributed by atoms with Crippen LogP contribution >= 0.6 is 0 Å². The van der Waals surface area contributed by atoms with E-state index in [1.807, 2.05) is 35.2 Å². The van der Waals surface area contributed by atoms with Gasteiger partial charge in [-0.25, -0.2) is 4.39 Å². The van der Waals surface area contributed by atoms with Gasteiger partial charge in [0.2, 0.25) is 11.8 Å². The number of likely N-dealkylation sites (tertiary alicyclic amines) is 1. The Morgan fingerprint density at radius 2 is 1.82 bits per heavy atom. The number of hydrogen-bond acceptors (Lipinski definition) is 2. The lowest BCUT2D eigenvalue weighted by atomic mass is 9.74. The third kappa shape index (κ3) is 3.66. The van der Waals surface area contributed by atoms with Crippen LogP contribution in [0, 0.1) is 17.2 Å². The molecule has 28 heavy (non-hydrogen) atoms. The van der Waals surface area contributed by atoms with Crippen LogP contribution in [0.2, 0.25) is 0 Å². The highest BCUT2D eigenvalue weighted by Crippen LogP contribution is 2.38. The Labute approximate surface area is 164 Å². The molecule has 1 heterocycles. The number of hydrogen-bond donors (Lipinski definition) is 1. The molecule has 2 aliphatic rings. The van der Waals surface area contributed by atoms with Crippen molar-refractivity contribution in [3.05, 3.63) is 59.9 Å². The van der Waals surface area contributed by atoms with Crippen LogP contribution in [0.5, 0.6) is 0 Å². The summed E-state index contributed by atoms with van der Waals surface area (Å²) in [4.78, 5) is 26.7. The topological polar surface area (TPSA) is 63.4 Å². The Bertz CT molecular complexity index is 892. The van der Waals surface area contributed by atoms with Gasteiger partial charge >= 0.3 is 0 Å². The van der Waals surface area contributed by atoms with E-state index < -0.39 is 5.41 Å². The van der Waals surface area contributed by atoms with Crippen molar-refractivity contribution in [1.29, 1.82) is 0 Å². The van der Waals surface area contributed by atoms with E-state index in [4.69, 9.17) is 5.73 Å². The minimum absolute atomic E-state index is 0.142. The van der Waals surface area contributed by atoms with Crippen LogP contribution in [0.4, 0.5) is 4.39 Å². The average molecular weight is 380 g/mol. The zero-order chi connectivity index (χ0) is 19.7. The van der Waals surface area contributed by atoms with Crippen molar-refractivity contribution in [3.63, 3.8) is 0 Å². The number of primary amides is 1. The maximum Gasteiger partial charge on any atom is 0.225 e. The molecule has 0 aromatic heterocycles.